The molecule has 4 heteroatoms. The van der Waals surface area contributed by atoms with Crippen molar-refractivity contribution in [3.05, 3.63) is 16.6 Å². The van der Waals surface area contributed by atoms with Crippen LogP contribution in [0.2, 0.25) is 0 Å². The summed E-state index contributed by atoms with van der Waals surface area (Å²) >= 11 is 1.62. The molecular formula is C11H21N3S. The second kappa shape index (κ2) is 7.79. The van der Waals surface area contributed by atoms with Crippen molar-refractivity contribution in [2.24, 2.45) is 5.84 Å². The summed E-state index contributed by atoms with van der Waals surface area (Å²) in [5.41, 5.74) is 5.78. The Morgan fingerprint density at radius 2 is 2.20 bits per heavy atom. The van der Waals surface area contributed by atoms with Crippen molar-refractivity contribution in [3.63, 3.8) is 0 Å². The second-order valence-corrected chi connectivity index (χ2v) is 4.55. The number of nitrogens with zero attached hydrogens (tertiary/aromatic N) is 1. The van der Waals surface area contributed by atoms with Crippen LogP contribution in [0.4, 0.5) is 0 Å². The van der Waals surface area contributed by atoms with E-state index in [1.54, 1.807) is 11.3 Å². The zero-order chi connectivity index (χ0) is 10.9. The molecule has 1 heterocycles. The Kier molecular flexibility index (Phi) is 6.55. The fourth-order valence-corrected chi connectivity index (χ4v) is 2.27. The molecule has 0 aromatic carbocycles. The zero-order valence-electron chi connectivity index (χ0n) is 9.41. The maximum Gasteiger partial charge on any atom is 0.0795 e. The molecule has 0 radical (unpaired) electrons. The van der Waals surface area contributed by atoms with Gasteiger partial charge in [0.05, 0.1) is 17.2 Å². The van der Waals surface area contributed by atoms with Crippen LogP contribution in [0, 0.1) is 0 Å². The Morgan fingerprint density at radius 1 is 1.40 bits per heavy atom. The predicted molar refractivity (Wildman–Crippen MR) is 65.6 cm³/mol. The lowest BCUT2D eigenvalue weighted by molar-refractivity contribution is 0.472. The Balaban J connectivity index is 2.18. The standard InChI is InChI=1S/C11H21N3S/c1-2-3-4-5-6-7-10(14-12)11-8-15-9-13-11/h8-10,14H,2-7,12H2,1H3. The van der Waals surface area contributed by atoms with Crippen LogP contribution in [-0.4, -0.2) is 4.98 Å². The van der Waals surface area contributed by atoms with Gasteiger partial charge in [-0.15, -0.1) is 11.3 Å². The van der Waals surface area contributed by atoms with Crippen LogP contribution in [0.1, 0.15) is 57.2 Å². The normalized spacial score (nSPS) is 12.9. The Hall–Kier alpha value is -0.450. The fraction of sp³-hybridized carbons (Fsp3) is 0.727. The van der Waals surface area contributed by atoms with Gasteiger partial charge in [-0.3, -0.25) is 11.3 Å². The van der Waals surface area contributed by atoms with Gasteiger partial charge >= 0.3 is 0 Å². The van der Waals surface area contributed by atoms with Gasteiger partial charge in [0.25, 0.3) is 0 Å². The first-order valence-electron chi connectivity index (χ1n) is 5.72. The van der Waals surface area contributed by atoms with Gasteiger partial charge in [-0.05, 0) is 6.42 Å². The van der Waals surface area contributed by atoms with E-state index < -0.39 is 0 Å². The van der Waals surface area contributed by atoms with E-state index in [1.807, 2.05) is 5.51 Å². The van der Waals surface area contributed by atoms with E-state index in [-0.39, 0.29) is 6.04 Å². The van der Waals surface area contributed by atoms with Crippen LogP contribution in [0.25, 0.3) is 0 Å². The van der Waals surface area contributed by atoms with E-state index in [4.69, 9.17) is 5.84 Å². The minimum atomic E-state index is 0.234. The highest BCUT2D eigenvalue weighted by molar-refractivity contribution is 7.07. The molecule has 86 valence electrons. The number of rotatable bonds is 8. The van der Waals surface area contributed by atoms with Gasteiger partial charge in [-0.25, -0.2) is 4.98 Å². The van der Waals surface area contributed by atoms with Gasteiger partial charge in [0.1, 0.15) is 0 Å². The highest BCUT2D eigenvalue weighted by Gasteiger charge is 2.10. The molecule has 1 unspecified atom stereocenters. The molecule has 0 aliphatic carbocycles. The largest absolute Gasteiger partial charge is 0.271 e. The quantitative estimate of drug-likeness (QED) is 0.408. The van der Waals surface area contributed by atoms with Gasteiger partial charge in [-0.2, -0.15) is 0 Å². The number of aromatic nitrogens is 1. The number of thiazole rings is 1. The van der Waals surface area contributed by atoms with Crippen LogP contribution in [0.15, 0.2) is 10.9 Å². The van der Waals surface area contributed by atoms with Crippen LogP contribution in [0.5, 0.6) is 0 Å². The number of unbranched alkanes of at least 4 members (excludes halogenated alkanes) is 4. The SMILES string of the molecule is CCCCCCCC(NN)c1cscn1. The van der Waals surface area contributed by atoms with Crippen LogP contribution < -0.4 is 11.3 Å². The average molecular weight is 227 g/mol. The monoisotopic (exact) mass is 227 g/mol. The molecular weight excluding hydrogens is 206 g/mol. The summed E-state index contributed by atoms with van der Waals surface area (Å²) in [6.45, 7) is 2.24. The number of nitrogens with two attached hydrogens (primary N) is 1. The predicted octanol–water partition coefficient (Wildman–Crippen LogP) is 3.01. The first kappa shape index (κ1) is 12.6. The van der Waals surface area contributed by atoms with E-state index in [0.717, 1.165) is 12.1 Å². The van der Waals surface area contributed by atoms with Crippen LogP contribution in [-0.2, 0) is 0 Å². The van der Waals surface area contributed by atoms with E-state index in [0.29, 0.717) is 0 Å². The highest BCUT2D eigenvalue weighted by Crippen LogP contribution is 2.19. The molecule has 1 atom stereocenters. The molecule has 0 aliphatic heterocycles. The lowest BCUT2D eigenvalue weighted by atomic mass is 10.1. The number of hydrogen-bond acceptors (Lipinski definition) is 4. The van der Waals surface area contributed by atoms with Gasteiger partial charge in [0, 0.05) is 5.38 Å². The average Bonchev–Trinajstić information content (AvgIpc) is 2.77. The third kappa shape index (κ3) is 4.73. The van der Waals surface area contributed by atoms with Crippen molar-refractivity contribution >= 4 is 11.3 Å². The van der Waals surface area contributed by atoms with Crippen molar-refractivity contribution in [3.8, 4) is 0 Å². The molecule has 15 heavy (non-hydrogen) atoms. The van der Waals surface area contributed by atoms with E-state index in [9.17, 15) is 0 Å². The van der Waals surface area contributed by atoms with Crippen molar-refractivity contribution < 1.29 is 0 Å². The van der Waals surface area contributed by atoms with Gasteiger partial charge in [0.15, 0.2) is 0 Å². The molecule has 3 N–H and O–H groups in total. The summed E-state index contributed by atoms with van der Waals surface area (Å²) < 4.78 is 0. The Labute approximate surface area is 96.1 Å². The molecule has 1 aromatic heterocycles. The zero-order valence-corrected chi connectivity index (χ0v) is 10.2. The molecule has 0 saturated carbocycles. The number of hydrazine groups is 1. The maximum absolute atomic E-state index is 5.52. The topological polar surface area (TPSA) is 50.9 Å². The minimum Gasteiger partial charge on any atom is -0.271 e. The van der Waals surface area contributed by atoms with Crippen LogP contribution >= 0.6 is 11.3 Å². The lowest BCUT2D eigenvalue weighted by Crippen LogP contribution is -2.28. The smallest absolute Gasteiger partial charge is 0.0795 e. The summed E-state index contributed by atoms with van der Waals surface area (Å²) in [5, 5.41) is 2.07. The third-order valence-corrected chi connectivity index (χ3v) is 3.21. The molecule has 0 spiro atoms. The molecule has 0 amide bonds. The van der Waals surface area contributed by atoms with E-state index in [2.05, 4.69) is 22.7 Å². The Bertz CT molecular complexity index is 236. The first-order valence-corrected chi connectivity index (χ1v) is 6.67. The summed E-state index contributed by atoms with van der Waals surface area (Å²) in [5.74, 6) is 5.52. The van der Waals surface area contributed by atoms with Gasteiger partial charge in [-0.1, -0.05) is 39.0 Å². The van der Waals surface area contributed by atoms with Gasteiger partial charge in [0.2, 0.25) is 0 Å². The molecule has 1 aromatic rings. The second-order valence-electron chi connectivity index (χ2n) is 3.84. The van der Waals surface area contributed by atoms with Crippen molar-refractivity contribution in [1.29, 1.82) is 0 Å². The van der Waals surface area contributed by atoms with E-state index >= 15 is 0 Å². The summed E-state index contributed by atoms with van der Waals surface area (Å²) in [6, 6.07) is 0.234. The van der Waals surface area contributed by atoms with Crippen molar-refractivity contribution in [2.75, 3.05) is 0 Å². The lowest BCUT2D eigenvalue weighted by Gasteiger charge is -2.12. The highest BCUT2D eigenvalue weighted by atomic mass is 32.1. The molecule has 3 nitrogen and oxygen atoms in total. The third-order valence-electron chi connectivity index (χ3n) is 2.61. The summed E-state index contributed by atoms with van der Waals surface area (Å²) in [6.07, 6.45) is 7.60. The maximum atomic E-state index is 5.52. The fourth-order valence-electron chi connectivity index (χ4n) is 1.66. The Morgan fingerprint density at radius 3 is 2.80 bits per heavy atom. The molecule has 0 saturated heterocycles. The van der Waals surface area contributed by atoms with Crippen LogP contribution in [0.3, 0.4) is 0 Å². The minimum absolute atomic E-state index is 0.234. The molecule has 1 rings (SSSR count). The number of nitrogens with one attached hydrogen (secondary N) is 1. The van der Waals surface area contributed by atoms with Crippen molar-refractivity contribution in [1.82, 2.24) is 10.4 Å². The summed E-state index contributed by atoms with van der Waals surface area (Å²) in [7, 11) is 0. The van der Waals surface area contributed by atoms with Crippen molar-refractivity contribution in [2.45, 2.75) is 51.5 Å². The molecule has 0 aliphatic rings. The molecule has 0 bridgehead atoms. The first-order chi connectivity index (χ1) is 7.38. The molecule has 0 fully saturated rings. The number of hydrogen-bond donors (Lipinski definition) is 2. The van der Waals surface area contributed by atoms with E-state index in [1.165, 1.54) is 32.1 Å². The summed E-state index contributed by atoms with van der Waals surface area (Å²) in [4.78, 5) is 4.28. The van der Waals surface area contributed by atoms with Gasteiger partial charge < -0.3 is 0 Å².